The van der Waals surface area contributed by atoms with E-state index in [0.29, 0.717) is 42.4 Å². The monoisotopic (exact) mass is 530 g/mol. The first-order chi connectivity index (χ1) is 18.4. The Labute approximate surface area is 230 Å². The van der Waals surface area contributed by atoms with Gasteiger partial charge in [-0.3, -0.25) is 4.79 Å². The van der Waals surface area contributed by atoms with Gasteiger partial charge in [0, 0.05) is 29.9 Å². The minimum Gasteiger partial charge on any atom is -0.496 e. The number of benzene rings is 3. The molecule has 4 aromatic rings. The molecule has 0 radical (unpaired) electrons. The molecule has 0 fully saturated rings. The van der Waals surface area contributed by atoms with Crippen molar-refractivity contribution in [2.75, 3.05) is 20.2 Å². The summed E-state index contributed by atoms with van der Waals surface area (Å²) in [6.07, 6.45) is 2.72. The van der Waals surface area contributed by atoms with Gasteiger partial charge in [-0.05, 0) is 48.7 Å². The van der Waals surface area contributed by atoms with Crippen LogP contribution in [0.5, 0.6) is 5.75 Å². The zero-order chi connectivity index (χ0) is 27.1. The molecule has 0 saturated carbocycles. The van der Waals surface area contributed by atoms with E-state index in [4.69, 9.17) is 27.1 Å². The smallest absolute Gasteiger partial charge is 0.258 e. The SMILES string of the molecule is COc1ccccc1C(=O)N(CCCN)[C@@H](c1nc(-c2cccc(Cl)c2)cn1Cc1ccccc1)C(C)C. The van der Waals surface area contributed by atoms with E-state index < -0.39 is 0 Å². The van der Waals surface area contributed by atoms with Crippen molar-refractivity contribution in [2.45, 2.75) is 32.9 Å². The molecular formula is C31H35ClN4O2. The largest absolute Gasteiger partial charge is 0.496 e. The van der Waals surface area contributed by atoms with Crippen LogP contribution in [0.15, 0.2) is 85.1 Å². The van der Waals surface area contributed by atoms with Crippen LogP contribution < -0.4 is 10.5 Å². The number of hydrogen-bond acceptors (Lipinski definition) is 4. The summed E-state index contributed by atoms with van der Waals surface area (Å²) in [7, 11) is 1.58. The molecule has 3 aromatic carbocycles. The lowest BCUT2D eigenvalue weighted by molar-refractivity contribution is 0.0601. The summed E-state index contributed by atoms with van der Waals surface area (Å²) in [5.74, 6) is 1.34. The van der Waals surface area contributed by atoms with Crippen LogP contribution in [0.25, 0.3) is 11.3 Å². The number of hydrogen-bond donors (Lipinski definition) is 1. The van der Waals surface area contributed by atoms with Crippen LogP contribution in [0.3, 0.4) is 0 Å². The van der Waals surface area contributed by atoms with Crippen molar-refractivity contribution < 1.29 is 9.53 Å². The molecule has 1 atom stereocenters. The minimum atomic E-state index is -0.296. The van der Waals surface area contributed by atoms with Crippen molar-refractivity contribution >= 4 is 17.5 Å². The quantitative estimate of drug-likeness (QED) is 0.242. The summed E-state index contributed by atoms with van der Waals surface area (Å²) < 4.78 is 7.69. The molecule has 0 unspecified atom stereocenters. The molecule has 2 N–H and O–H groups in total. The van der Waals surface area contributed by atoms with Gasteiger partial charge in [0.1, 0.15) is 11.6 Å². The van der Waals surface area contributed by atoms with Crippen molar-refractivity contribution in [1.29, 1.82) is 0 Å². The molecule has 0 aliphatic rings. The van der Waals surface area contributed by atoms with Crippen LogP contribution in [-0.4, -0.2) is 40.6 Å². The first kappa shape index (κ1) is 27.4. The molecule has 0 spiro atoms. The maximum absolute atomic E-state index is 14.1. The molecule has 0 bridgehead atoms. The Balaban J connectivity index is 1.85. The van der Waals surface area contributed by atoms with Crippen LogP contribution in [-0.2, 0) is 6.54 Å². The predicted octanol–water partition coefficient (Wildman–Crippen LogP) is 6.45. The lowest BCUT2D eigenvalue weighted by Crippen LogP contribution is -2.40. The lowest BCUT2D eigenvalue weighted by atomic mass is 9.99. The number of imidazole rings is 1. The van der Waals surface area contributed by atoms with Gasteiger partial charge in [0.2, 0.25) is 0 Å². The third-order valence-electron chi connectivity index (χ3n) is 6.56. The van der Waals surface area contributed by atoms with Gasteiger partial charge in [-0.25, -0.2) is 4.98 Å². The Kier molecular flexibility index (Phi) is 9.21. The number of carbonyl (C=O) groups excluding carboxylic acids is 1. The molecule has 198 valence electrons. The molecule has 4 rings (SSSR count). The van der Waals surface area contributed by atoms with Crippen LogP contribution in [0.1, 0.15) is 48.1 Å². The number of rotatable bonds is 11. The van der Waals surface area contributed by atoms with Gasteiger partial charge in [0.25, 0.3) is 5.91 Å². The Morgan fingerprint density at radius 2 is 1.79 bits per heavy atom. The van der Waals surface area contributed by atoms with E-state index in [1.807, 2.05) is 71.6 Å². The number of halogens is 1. The predicted molar refractivity (Wildman–Crippen MR) is 153 cm³/mol. The second-order valence-electron chi connectivity index (χ2n) is 9.64. The number of nitrogens with zero attached hydrogens (tertiary/aromatic N) is 3. The van der Waals surface area contributed by atoms with Crippen molar-refractivity contribution in [3.05, 3.63) is 107 Å². The summed E-state index contributed by atoms with van der Waals surface area (Å²) in [4.78, 5) is 21.1. The first-order valence-electron chi connectivity index (χ1n) is 12.9. The molecule has 1 amide bonds. The summed E-state index contributed by atoms with van der Waals surface area (Å²) in [6, 6.07) is 25.0. The zero-order valence-corrected chi connectivity index (χ0v) is 22.9. The van der Waals surface area contributed by atoms with E-state index in [1.165, 1.54) is 0 Å². The summed E-state index contributed by atoms with van der Waals surface area (Å²) in [5, 5.41) is 0.651. The van der Waals surface area contributed by atoms with E-state index in [0.717, 1.165) is 22.6 Å². The van der Waals surface area contributed by atoms with Gasteiger partial charge in [0.15, 0.2) is 0 Å². The molecule has 0 aliphatic carbocycles. The van der Waals surface area contributed by atoms with E-state index in [9.17, 15) is 4.79 Å². The van der Waals surface area contributed by atoms with E-state index in [1.54, 1.807) is 7.11 Å². The Morgan fingerprint density at radius 1 is 1.05 bits per heavy atom. The number of aromatic nitrogens is 2. The topological polar surface area (TPSA) is 73.4 Å². The van der Waals surface area contributed by atoms with Crippen molar-refractivity contribution in [1.82, 2.24) is 14.5 Å². The first-order valence-corrected chi connectivity index (χ1v) is 13.3. The number of ether oxygens (including phenoxy) is 1. The zero-order valence-electron chi connectivity index (χ0n) is 22.2. The van der Waals surface area contributed by atoms with Crippen LogP contribution >= 0.6 is 11.6 Å². The molecule has 1 aromatic heterocycles. The van der Waals surface area contributed by atoms with E-state index >= 15 is 0 Å². The summed E-state index contributed by atoms with van der Waals surface area (Å²) in [6.45, 7) is 5.85. The number of para-hydroxylation sites is 1. The third-order valence-corrected chi connectivity index (χ3v) is 6.79. The fourth-order valence-corrected chi connectivity index (χ4v) is 4.95. The molecule has 6 nitrogen and oxygen atoms in total. The van der Waals surface area contributed by atoms with Gasteiger partial charge in [-0.15, -0.1) is 0 Å². The van der Waals surface area contributed by atoms with Crippen LogP contribution in [0, 0.1) is 5.92 Å². The molecule has 7 heteroatoms. The normalized spacial score (nSPS) is 11.9. The van der Waals surface area contributed by atoms with E-state index in [-0.39, 0.29) is 17.9 Å². The highest BCUT2D eigenvalue weighted by molar-refractivity contribution is 6.30. The Hall–Kier alpha value is -3.61. The Morgan fingerprint density at radius 3 is 2.47 bits per heavy atom. The number of methoxy groups -OCH3 is 1. The standard InChI is InChI=1S/C31H35ClN4O2/c1-22(2)29(36(18-10-17-33)31(37)26-15-7-8-16-28(26)38-3)30-34-27(24-13-9-14-25(32)19-24)21-35(30)20-23-11-5-4-6-12-23/h4-9,11-16,19,21-22,29H,10,17-18,20,33H2,1-3H3/t29-/m1/s1. The maximum Gasteiger partial charge on any atom is 0.258 e. The molecule has 0 saturated heterocycles. The fourth-order valence-electron chi connectivity index (χ4n) is 4.76. The molecular weight excluding hydrogens is 496 g/mol. The lowest BCUT2D eigenvalue weighted by Gasteiger charge is -2.35. The van der Waals surface area contributed by atoms with E-state index in [2.05, 4.69) is 36.7 Å². The Bertz CT molecular complexity index is 1350. The third kappa shape index (κ3) is 6.26. The number of nitrogens with two attached hydrogens (primary N) is 1. The molecule has 38 heavy (non-hydrogen) atoms. The van der Waals surface area contributed by atoms with Gasteiger partial charge in [-0.2, -0.15) is 0 Å². The van der Waals surface area contributed by atoms with Crippen molar-refractivity contribution in [3.63, 3.8) is 0 Å². The van der Waals surface area contributed by atoms with Crippen LogP contribution in [0.2, 0.25) is 5.02 Å². The molecule has 1 heterocycles. The van der Waals surface area contributed by atoms with Crippen molar-refractivity contribution in [3.8, 4) is 17.0 Å². The highest BCUT2D eigenvalue weighted by Gasteiger charge is 2.33. The van der Waals surface area contributed by atoms with Crippen LogP contribution in [0.4, 0.5) is 0 Å². The minimum absolute atomic E-state index is 0.0792. The number of carbonyl (C=O) groups is 1. The van der Waals surface area contributed by atoms with Crippen molar-refractivity contribution in [2.24, 2.45) is 11.7 Å². The van der Waals surface area contributed by atoms with Gasteiger partial charge in [-0.1, -0.05) is 80.0 Å². The second-order valence-corrected chi connectivity index (χ2v) is 10.1. The van der Waals surface area contributed by atoms with Gasteiger partial charge >= 0.3 is 0 Å². The average molecular weight is 531 g/mol. The van der Waals surface area contributed by atoms with Gasteiger partial charge < -0.3 is 19.9 Å². The summed E-state index contributed by atoms with van der Waals surface area (Å²) >= 11 is 6.32. The highest BCUT2D eigenvalue weighted by atomic mass is 35.5. The highest BCUT2D eigenvalue weighted by Crippen LogP contribution is 2.34. The summed E-state index contributed by atoms with van der Waals surface area (Å²) in [5.41, 5.74) is 9.33. The maximum atomic E-state index is 14.1. The molecule has 0 aliphatic heterocycles. The fraction of sp³-hybridized carbons (Fsp3) is 0.290. The van der Waals surface area contributed by atoms with Gasteiger partial charge in [0.05, 0.1) is 24.4 Å². The number of amides is 1. The average Bonchev–Trinajstić information content (AvgIpc) is 3.33. The second kappa shape index (κ2) is 12.8.